The van der Waals surface area contributed by atoms with Gasteiger partial charge in [-0.1, -0.05) is 30.3 Å². The van der Waals surface area contributed by atoms with Gasteiger partial charge < -0.3 is 15.5 Å². The molecule has 3 heterocycles. The van der Waals surface area contributed by atoms with Gasteiger partial charge in [-0.2, -0.15) is 5.10 Å². The van der Waals surface area contributed by atoms with Crippen LogP contribution in [0.4, 0.5) is 0 Å². The third-order valence-corrected chi connectivity index (χ3v) is 5.26. The SMILES string of the molecule is O=C1CCN(C(=O)c2nn(CCc3ccccc3)c3c2CNCC3)CCN1. The van der Waals surface area contributed by atoms with Gasteiger partial charge in [-0.05, 0) is 12.0 Å². The number of carbonyl (C=O) groups is 2. The zero-order chi connectivity index (χ0) is 18.6. The van der Waals surface area contributed by atoms with Gasteiger partial charge in [0.2, 0.25) is 5.91 Å². The number of rotatable bonds is 4. The van der Waals surface area contributed by atoms with Crippen LogP contribution in [0, 0.1) is 0 Å². The van der Waals surface area contributed by atoms with Crippen molar-refractivity contribution in [1.29, 1.82) is 0 Å². The lowest BCUT2D eigenvalue weighted by Gasteiger charge is -2.20. The zero-order valence-electron chi connectivity index (χ0n) is 15.4. The molecule has 2 amide bonds. The normalized spacial score (nSPS) is 17.2. The maximum atomic E-state index is 13.1. The van der Waals surface area contributed by atoms with E-state index in [1.165, 1.54) is 5.56 Å². The Morgan fingerprint density at radius 3 is 2.81 bits per heavy atom. The van der Waals surface area contributed by atoms with Gasteiger partial charge in [0.1, 0.15) is 0 Å². The van der Waals surface area contributed by atoms with Crippen molar-refractivity contribution in [3.05, 3.63) is 52.8 Å². The van der Waals surface area contributed by atoms with Gasteiger partial charge >= 0.3 is 0 Å². The fourth-order valence-corrected chi connectivity index (χ4v) is 3.78. The van der Waals surface area contributed by atoms with E-state index in [2.05, 4.69) is 22.8 Å². The highest BCUT2D eigenvalue weighted by atomic mass is 16.2. The molecule has 7 nitrogen and oxygen atoms in total. The molecule has 0 spiro atoms. The van der Waals surface area contributed by atoms with E-state index in [1.54, 1.807) is 4.90 Å². The van der Waals surface area contributed by atoms with Crippen molar-refractivity contribution >= 4 is 11.8 Å². The third kappa shape index (κ3) is 3.88. The predicted octanol–water partition coefficient (Wildman–Crippen LogP) is 0.734. The average molecular weight is 367 g/mol. The second kappa shape index (κ2) is 7.92. The van der Waals surface area contributed by atoms with Crippen LogP contribution in [0.25, 0.3) is 0 Å². The first-order valence-corrected chi connectivity index (χ1v) is 9.61. The van der Waals surface area contributed by atoms with Crippen LogP contribution in [-0.4, -0.2) is 52.7 Å². The van der Waals surface area contributed by atoms with E-state index in [1.807, 2.05) is 22.9 Å². The largest absolute Gasteiger partial charge is 0.354 e. The minimum absolute atomic E-state index is 0.00221. The number of aromatic nitrogens is 2. The van der Waals surface area contributed by atoms with Crippen LogP contribution < -0.4 is 10.6 Å². The van der Waals surface area contributed by atoms with Gasteiger partial charge in [-0.25, -0.2) is 0 Å². The molecule has 7 heteroatoms. The lowest BCUT2D eigenvalue weighted by Crippen LogP contribution is -2.35. The number of carbonyl (C=O) groups excluding carboxylic acids is 2. The number of amides is 2. The van der Waals surface area contributed by atoms with Crippen LogP contribution >= 0.6 is 0 Å². The first-order valence-electron chi connectivity index (χ1n) is 9.61. The molecular weight excluding hydrogens is 342 g/mol. The standard InChI is InChI=1S/C20H25N5O2/c26-18-8-11-24(13-10-22-18)20(27)19-16-14-21-9-6-17(16)25(23-19)12-7-15-4-2-1-3-5-15/h1-5,21H,6-14H2,(H,22,26). The summed E-state index contributed by atoms with van der Waals surface area (Å²) < 4.78 is 2.01. The summed E-state index contributed by atoms with van der Waals surface area (Å²) in [5.74, 6) is -0.0627. The minimum Gasteiger partial charge on any atom is -0.354 e. The molecule has 0 radical (unpaired) electrons. The number of fused-ring (bicyclic) bond motifs is 1. The first-order chi connectivity index (χ1) is 13.2. The number of benzene rings is 1. The van der Waals surface area contributed by atoms with Crippen molar-refractivity contribution in [3.63, 3.8) is 0 Å². The average Bonchev–Trinajstić information content (AvgIpc) is 2.93. The summed E-state index contributed by atoms with van der Waals surface area (Å²) in [6, 6.07) is 10.3. The summed E-state index contributed by atoms with van der Waals surface area (Å²) in [4.78, 5) is 26.4. The summed E-state index contributed by atoms with van der Waals surface area (Å²) in [5.41, 5.74) is 3.99. The van der Waals surface area contributed by atoms with Gasteiger partial charge in [0.05, 0.1) is 0 Å². The lowest BCUT2D eigenvalue weighted by atomic mass is 10.1. The van der Waals surface area contributed by atoms with E-state index in [9.17, 15) is 9.59 Å². The van der Waals surface area contributed by atoms with Gasteiger partial charge in [-0.3, -0.25) is 14.3 Å². The molecule has 1 fully saturated rings. The molecule has 27 heavy (non-hydrogen) atoms. The summed E-state index contributed by atoms with van der Waals surface area (Å²) in [6.45, 7) is 3.82. The molecule has 0 atom stereocenters. The van der Waals surface area contributed by atoms with Crippen molar-refractivity contribution in [3.8, 4) is 0 Å². The van der Waals surface area contributed by atoms with E-state index < -0.39 is 0 Å². The highest BCUT2D eigenvalue weighted by molar-refractivity contribution is 5.94. The number of nitrogens with zero attached hydrogens (tertiary/aromatic N) is 3. The van der Waals surface area contributed by atoms with Crippen molar-refractivity contribution in [2.75, 3.05) is 26.2 Å². The van der Waals surface area contributed by atoms with E-state index in [0.717, 1.165) is 37.2 Å². The Balaban J connectivity index is 1.56. The fraction of sp³-hybridized carbons (Fsp3) is 0.450. The maximum absolute atomic E-state index is 13.1. The molecule has 0 unspecified atom stereocenters. The molecule has 4 rings (SSSR count). The van der Waals surface area contributed by atoms with Gasteiger partial charge in [0.15, 0.2) is 5.69 Å². The Hall–Kier alpha value is -2.67. The van der Waals surface area contributed by atoms with Crippen molar-refractivity contribution < 1.29 is 9.59 Å². The minimum atomic E-state index is -0.0649. The highest BCUT2D eigenvalue weighted by Crippen LogP contribution is 2.21. The van der Waals surface area contributed by atoms with Gasteiger partial charge in [0.25, 0.3) is 5.91 Å². The molecule has 0 bridgehead atoms. The molecule has 1 saturated heterocycles. The molecule has 0 saturated carbocycles. The summed E-state index contributed by atoms with van der Waals surface area (Å²) in [5, 5.41) is 10.9. The topological polar surface area (TPSA) is 79.3 Å². The molecule has 142 valence electrons. The summed E-state index contributed by atoms with van der Waals surface area (Å²) in [6.07, 6.45) is 2.11. The van der Waals surface area contributed by atoms with Crippen LogP contribution in [0.3, 0.4) is 0 Å². The van der Waals surface area contributed by atoms with Crippen molar-refractivity contribution in [2.45, 2.75) is 32.4 Å². The predicted molar refractivity (Wildman–Crippen MR) is 101 cm³/mol. The second-order valence-corrected chi connectivity index (χ2v) is 7.05. The zero-order valence-corrected chi connectivity index (χ0v) is 15.4. The molecule has 1 aromatic heterocycles. The molecule has 2 aromatic rings. The smallest absolute Gasteiger partial charge is 0.274 e. The Morgan fingerprint density at radius 2 is 1.96 bits per heavy atom. The van der Waals surface area contributed by atoms with E-state index in [-0.39, 0.29) is 11.8 Å². The molecule has 2 aliphatic rings. The Morgan fingerprint density at radius 1 is 1.11 bits per heavy atom. The van der Waals surface area contributed by atoms with E-state index in [4.69, 9.17) is 5.10 Å². The van der Waals surface area contributed by atoms with Crippen LogP contribution in [0.2, 0.25) is 0 Å². The number of hydrogen-bond donors (Lipinski definition) is 2. The van der Waals surface area contributed by atoms with Crippen LogP contribution in [0.5, 0.6) is 0 Å². The fourth-order valence-electron chi connectivity index (χ4n) is 3.78. The summed E-state index contributed by atoms with van der Waals surface area (Å²) in [7, 11) is 0. The second-order valence-electron chi connectivity index (χ2n) is 7.05. The molecule has 1 aromatic carbocycles. The number of hydrogen-bond acceptors (Lipinski definition) is 4. The molecule has 0 aliphatic carbocycles. The highest BCUT2D eigenvalue weighted by Gasteiger charge is 2.28. The lowest BCUT2D eigenvalue weighted by molar-refractivity contribution is -0.120. The van der Waals surface area contributed by atoms with E-state index >= 15 is 0 Å². The quantitative estimate of drug-likeness (QED) is 0.835. The van der Waals surface area contributed by atoms with Gasteiger partial charge in [0, 0.05) is 63.4 Å². The maximum Gasteiger partial charge on any atom is 0.274 e. The number of aryl methyl sites for hydroxylation is 2. The first kappa shape index (κ1) is 17.7. The molecular formula is C20H25N5O2. The summed E-state index contributed by atoms with van der Waals surface area (Å²) >= 11 is 0. The van der Waals surface area contributed by atoms with Crippen LogP contribution in [0.1, 0.15) is 33.7 Å². The third-order valence-electron chi connectivity index (χ3n) is 5.26. The number of nitrogens with one attached hydrogen (secondary N) is 2. The Bertz CT molecular complexity index is 830. The molecule has 2 N–H and O–H groups in total. The van der Waals surface area contributed by atoms with Crippen LogP contribution in [0.15, 0.2) is 30.3 Å². The molecule has 2 aliphatic heterocycles. The van der Waals surface area contributed by atoms with Crippen molar-refractivity contribution in [1.82, 2.24) is 25.3 Å². The Kier molecular flexibility index (Phi) is 5.20. The van der Waals surface area contributed by atoms with Gasteiger partial charge in [-0.15, -0.1) is 0 Å². The van der Waals surface area contributed by atoms with Crippen LogP contribution in [-0.2, 0) is 30.7 Å². The monoisotopic (exact) mass is 367 g/mol. The van der Waals surface area contributed by atoms with E-state index in [0.29, 0.717) is 38.3 Å². The van der Waals surface area contributed by atoms with Crippen molar-refractivity contribution in [2.24, 2.45) is 0 Å². The Labute approximate surface area is 158 Å².